The molecule has 0 spiro atoms. The van der Waals surface area contributed by atoms with Crippen LogP contribution in [0.25, 0.3) is 0 Å². The Morgan fingerprint density at radius 3 is 2.57 bits per heavy atom. The van der Waals surface area contributed by atoms with E-state index in [9.17, 15) is 4.79 Å². The lowest BCUT2D eigenvalue weighted by molar-refractivity contribution is -0.119. The van der Waals surface area contributed by atoms with Gasteiger partial charge in [0.05, 0.1) is 12.8 Å². The van der Waals surface area contributed by atoms with E-state index in [1.54, 1.807) is 6.21 Å². The van der Waals surface area contributed by atoms with E-state index in [4.69, 9.17) is 0 Å². The highest BCUT2D eigenvalue weighted by Gasteiger charge is 1.99. The van der Waals surface area contributed by atoms with Crippen LogP contribution >= 0.6 is 0 Å². The van der Waals surface area contributed by atoms with Crippen LogP contribution in [0.4, 0.5) is 5.69 Å². The number of hydrogen-bond donors (Lipinski definition) is 2. The molecule has 0 aliphatic carbocycles. The molecule has 2 aromatic carbocycles. The quantitative estimate of drug-likeness (QED) is 0.654. The van der Waals surface area contributed by atoms with Gasteiger partial charge in [-0.05, 0) is 37.1 Å². The molecule has 1 amide bonds. The Kier molecular flexibility index (Phi) is 5.10. The fourth-order valence-electron chi connectivity index (χ4n) is 1.81. The number of benzene rings is 2. The third kappa shape index (κ3) is 5.10. The van der Waals surface area contributed by atoms with E-state index in [0.717, 1.165) is 16.8 Å². The van der Waals surface area contributed by atoms with Crippen molar-refractivity contribution < 1.29 is 4.79 Å². The van der Waals surface area contributed by atoms with Crippen molar-refractivity contribution in [3.63, 3.8) is 0 Å². The smallest absolute Gasteiger partial charge is 0.259 e. The van der Waals surface area contributed by atoms with Crippen LogP contribution in [0.2, 0.25) is 0 Å². The summed E-state index contributed by atoms with van der Waals surface area (Å²) in [5.74, 6) is -0.181. The Morgan fingerprint density at radius 1 is 1.10 bits per heavy atom. The Balaban J connectivity index is 1.78. The third-order valence-corrected chi connectivity index (χ3v) is 2.95. The summed E-state index contributed by atoms with van der Waals surface area (Å²) < 4.78 is 0. The Morgan fingerprint density at radius 2 is 1.86 bits per heavy atom. The van der Waals surface area contributed by atoms with Gasteiger partial charge in [0.2, 0.25) is 0 Å². The van der Waals surface area contributed by atoms with E-state index >= 15 is 0 Å². The van der Waals surface area contributed by atoms with Crippen LogP contribution in [0.15, 0.2) is 53.6 Å². The Hall–Kier alpha value is -2.62. The molecule has 21 heavy (non-hydrogen) atoms. The summed E-state index contributed by atoms with van der Waals surface area (Å²) in [6, 6.07) is 15.8. The maximum absolute atomic E-state index is 11.7. The van der Waals surface area contributed by atoms with Crippen molar-refractivity contribution in [2.24, 2.45) is 5.10 Å². The summed E-state index contributed by atoms with van der Waals surface area (Å²) >= 11 is 0. The second-order valence-electron chi connectivity index (χ2n) is 4.93. The average molecular weight is 281 g/mol. The van der Waals surface area contributed by atoms with Crippen molar-refractivity contribution in [1.82, 2.24) is 5.43 Å². The van der Waals surface area contributed by atoms with Crippen molar-refractivity contribution in [1.29, 1.82) is 0 Å². The Labute approximate surface area is 124 Å². The molecule has 0 atom stereocenters. The molecule has 0 heterocycles. The first-order valence-corrected chi connectivity index (χ1v) is 6.82. The van der Waals surface area contributed by atoms with Crippen molar-refractivity contribution in [2.75, 3.05) is 11.9 Å². The molecule has 0 unspecified atom stereocenters. The number of nitrogens with zero attached hydrogens (tertiary/aromatic N) is 1. The lowest BCUT2D eigenvalue weighted by atomic mass is 10.2. The minimum absolute atomic E-state index is 0.181. The summed E-state index contributed by atoms with van der Waals surface area (Å²) in [5, 5.41) is 6.99. The summed E-state index contributed by atoms with van der Waals surface area (Å²) in [7, 11) is 0. The van der Waals surface area contributed by atoms with Crippen LogP contribution in [0.3, 0.4) is 0 Å². The minimum atomic E-state index is -0.181. The van der Waals surface area contributed by atoms with Crippen molar-refractivity contribution in [3.05, 3.63) is 65.2 Å². The normalized spacial score (nSPS) is 10.6. The number of hydrogen-bond acceptors (Lipinski definition) is 3. The molecule has 0 aromatic heterocycles. The topological polar surface area (TPSA) is 53.5 Å². The molecule has 2 rings (SSSR count). The molecule has 0 saturated heterocycles. The first-order valence-electron chi connectivity index (χ1n) is 6.82. The van der Waals surface area contributed by atoms with Gasteiger partial charge in [-0.3, -0.25) is 4.79 Å². The second kappa shape index (κ2) is 7.24. The molecule has 2 N–H and O–H groups in total. The largest absolute Gasteiger partial charge is 0.376 e. The molecule has 0 aliphatic rings. The molecule has 0 saturated carbocycles. The standard InChI is InChI=1S/C17H19N3O/c1-13-6-8-15(9-7-13)11-19-20-17(21)12-18-16-5-3-4-14(2)10-16/h3-11,18H,12H2,1-2H3,(H,20,21)/b19-11-. The second-order valence-corrected chi connectivity index (χ2v) is 4.93. The van der Waals surface area contributed by atoms with E-state index in [1.165, 1.54) is 5.56 Å². The van der Waals surface area contributed by atoms with Gasteiger partial charge in [-0.25, -0.2) is 5.43 Å². The van der Waals surface area contributed by atoms with Gasteiger partial charge in [0.25, 0.3) is 5.91 Å². The molecule has 0 aliphatic heterocycles. The van der Waals surface area contributed by atoms with Gasteiger partial charge in [-0.2, -0.15) is 5.10 Å². The maximum atomic E-state index is 11.7. The lowest BCUT2D eigenvalue weighted by Gasteiger charge is -2.05. The third-order valence-electron chi connectivity index (χ3n) is 2.95. The van der Waals surface area contributed by atoms with Crippen molar-refractivity contribution >= 4 is 17.8 Å². The summed E-state index contributed by atoms with van der Waals surface area (Å²) in [6.45, 7) is 4.23. The molecule has 4 nitrogen and oxygen atoms in total. The molecular formula is C17H19N3O. The zero-order valence-corrected chi connectivity index (χ0v) is 12.3. The van der Waals surface area contributed by atoms with Crippen LogP contribution in [0.5, 0.6) is 0 Å². The van der Waals surface area contributed by atoms with Gasteiger partial charge in [0, 0.05) is 5.69 Å². The number of carbonyl (C=O) groups is 1. The first kappa shape index (κ1) is 14.8. The molecular weight excluding hydrogens is 262 g/mol. The summed E-state index contributed by atoms with van der Waals surface area (Å²) in [4.78, 5) is 11.7. The summed E-state index contributed by atoms with van der Waals surface area (Å²) in [6.07, 6.45) is 1.63. The van der Waals surface area contributed by atoms with Gasteiger partial charge in [-0.15, -0.1) is 0 Å². The van der Waals surface area contributed by atoms with Gasteiger partial charge in [0.1, 0.15) is 0 Å². The maximum Gasteiger partial charge on any atom is 0.259 e. The molecule has 0 bridgehead atoms. The monoisotopic (exact) mass is 281 g/mol. The number of aryl methyl sites for hydroxylation is 2. The van der Waals surface area contributed by atoms with E-state index in [-0.39, 0.29) is 12.5 Å². The number of nitrogens with one attached hydrogen (secondary N) is 2. The minimum Gasteiger partial charge on any atom is -0.376 e. The van der Waals surface area contributed by atoms with Crippen LogP contribution in [0.1, 0.15) is 16.7 Å². The highest BCUT2D eigenvalue weighted by Crippen LogP contribution is 2.08. The van der Waals surface area contributed by atoms with Crippen LogP contribution < -0.4 is 10.7 Å². The molecule has 108 valence electrons. The summed E-state index contributed by atoms with van der Waals surface area (Å²) in [5.41, 5.74) is 6.72. The Bertz CT molecular complexity index is 633. The van der Waals surface area contributed by atoms with E-state index in [1.807, 2.05) is 62.4 Å². The van der Waals surface area contributed by atoms with Crippen molar-refractivity contribution in [3.8, 4) is 0 Å². The molecule has 0 radical (unpaired) electrons. The van der Waals surface area contributed by atoms with E-state index < -0.39 is 0 Å². The van der Waals surface area contributed by atoms with Crippen LogP contribution in [-0.2, 0) is 4.79 Å². The molecule has 4 heteroatoms. The first-order chi connectivity index (χ1) is 10.1. The SMILES string of the molecule is Cc1ccc(/C=N\NC(=O)CNc2cccc(C)c2)cc1. The fourth-order valence-corrected chi connectivity index (χ4v) is 1.81. The number of amides is 1. The average Bonchev–Trinajstić information content (AvgIpc) is 2.47. The predicted molar refractivity (Wildman–Crippen MR) is 86.6 cm³/mol. The van der Waals surface area contributed by atoms with Gasteiger partial charge in [-0.1, -0.05) is 42.0 Å². The predicted octanol–water partition coefficient (Wildman–Crippen LogP) is 2.87. The molecule has 2 aromatic rings. The number of hydrazone groups is 1. The highest BCUT2D eigenvalue weighted by atomic mass is 16.2. The lowest BCUT2D eigenvalue weighted by Crippen LogP contribution is -2.25. The number of rotatable bonds is 5. The zero-order chi connectivity index (χ0) is 15.1. The van der Waals surface area contributed by atoms with E-state index in [2.05, 4.69) is 15.8 Å². The van der Waals surface area contributed by atoms with Crippen LogP contribution in [-0.4, -0.2) is 18.7 Å². The van der Waals surface area contributed by atoms with E-state index in [0.29, 0.717) is 0 Å². The van der Waals surface area contributed by atoms with Gasteiger partial charge in [0.15, 0.2) is 0 Å². The zero-order valence-electron chi connectivity index (χ0n) is 12.3. The van der Waals surface area contributed by atoms with Gasteiger partial charge >= 0.3 is 0 Å². The number of carbonyl (C=O) groups excluding carboxylic acids is 1. The highest BCUT2D eigenvalue weighted by molar-refractivity contribution is 5.84. The molecule has 0 fully saturated rings. The fraction of sp³-hybridized carbons (Fsp3) is 0.176. The van der Waals surface area contributed by atoms with Crippen LogP contribution in [0, 0.1) is 13.8 Å². The van der Waals surface area contributed by atoms with Gasteiger partial charge < -0.3 is 5.32 Å². The van der Waals surface area contributed by atoms with Crippen molar-refractivity contribution in [2.45, 2.75) is 13.8 Å². The number of anilines is 1.